The number of aryl methyl sites for hydroxylation is 1. The zero-order chi connectivity index (χ0) is 16.2. The van der Waals surface area contributed by atoms with Crippen LogP contribution in [0.25, 0.3) is 0 Å². The molecule has 2 fully saturated rings. The van der Waals surface area contributed by atoms with Crippen molar-refractivity contribution in [3.05, 3.63) is 18.2 Å². The van der Waals surface area contributed by atoms with E-state index < -0.39 is 0 Å². The first-order valence-corrected chi connectivity index (χ1v) is 8.79. The molecule has 0 aromatic carbocycles. The highest BCUT2D eigenvalue weighted by molar-refractivity contribution is 5.77. The molecule has 0 unspecified atom stereocenters. The predicted octanol–water partition coefficient (Wildman–Crippen LogP) is 1.58. The highest BCUT2D eigenvalue weighted by Gasteiger charge is 2.32. The molecule has 0 aliphatic carbocycles. The maximum Gasteiger partial charge on any atom is 0.225 e. The van der Waals surface area contributed by atoms with Gasteiger partial charge in [-0.05, 0) is 25.8 Å². The highest BCUT2D eigenvalue weighted by Crippen LogP contribution is 2.25. The van der Waals surface area contributed by atoms with Crippen molar-refractivity contribution in [2.24, 2.45) is 7.05 Å². The Balaban J connectivity index is 1.64. The molecule has 2 atom stereocenters. The van der Waals surface area contributed by atoms with Gasteiger partial charge in [0.2, 0.25) is 5.91 Å². The van der Waals surface area contributed by atoms with Crippen molar-refractivity contribution in [3.8, 4) is 0 Å². The summed E-state index contributed by atoms with van der Waals surface area (Å²) in [6.07, 6.45) is 7.77. The van der Waals surface area contributed by atoms with Crippen molar-refractivity contribution in [3.63, 3.8) is 0 Å². The fourth-order valence-corrected chi connectivity index (χ4v) is 3.66. The minimum Gasteiger partial charge on any atom is -0.378 e. The molecule has 128 valence electrons. The van der Waals surface area contributed by atoms with Crippen LogP contribution in [0, 0.1) is 0 Å². The number of piperazine rings is 1. The van der Waals surface area contributed by atoms with Gasteiger partial charge in [0, 0.05) is 45.7 Å². The molecule has 3 heterocycles. The molecule has 2 aliphatic rings. The molecule has 6 heteroatoms. The minimum atomic E-state index is 0.118. The Bertz CT molecular complexity index is 524. The summed E-state index contributed by atoms with van der Waals surface area (Å²) in [7, 11) is 2.02. The van der Waals surface area contributed by atoms with Crippen LogP contribution in [0.1, 0.15) is 44.5 Å². The van der Waals surface area contributed by atoms with Crippen molar-refractivity contribution >= 4 is 5.91 Å². The first kappa shape index (κ1) is 16.5. The van der Waals surface area contributed by atoms with Crippen LogP contribution in [0.4, 0.5) is 0 Å². The predicted molar refractivity (Wildman–Crippen MR) is 88.0 cm³/mol. The van der Waals surface area contributed by atoms with Crippen LogP contribution in [0.2, 0.25) is 0 Å². The van der Waals surface area contributed by atoms with E-state index in [0.29, 0.717) is 6.42 Å². The molecule has 0 saturated carbocycles. The minimum absolute atomic E-state index is 0.118. The number of nitrogens with zero attached hydrogens (tertiary/aromatic N) is 4. The lowest BCUT2D eigenvalue weighted by molar-refractivity contribution is -0.138. The van der Waals surface area contributed by atoms with E-state index in [0.717, 1.165) is 51.5 Å². The van der Waals surface area contributed by atoms with Gasteiger partial charge >= 0.3 is 0 Å². The number of carbonyl (C=O) groups is 1. The van der Waals surface area contributed by atoms with E-state index in [1.54, 1.807) is 0 Å². The molecule has 1 amide bonds. The Kier molecular flexibility index (Phi) is 5.33. The van der Waals surface area contributed by atoms with E-state index >= 15 is 0 Å². The average molecular weight is 320 g/mol. The van der Waals surface area contributed by atoms with Crippen molar-refractivity contribution in [2.75, 3.05) is 32.8 Å². The second-order valence-electron chi connectivity index (χ2n) is 6.57. The third-order valence-electron chi connectivity index (χ3n) is 5.08. The van der Waals surface area contributed by atoms with Gasteiger partial charge in [-0.2, -0.15) is 0 Å². The topological polar surface area (TPSA) is 50.6 Å². The van der Waals surface area contributed by atoms with E-state index in [2.05, 4.69) is 21.4 Å². The third kappa shape index (κ3) is 3.75. The van der Waals surface area contributed by atoms with Crippen LogP contribution < -0.4 is 0 Å². The van der Waals surface area contributed by atoms with Gasteiger partial charge in [0.05, 0.1) is 18.6 Å². The Morgan fingerprint density at radius 2 is 2.26 bits per heavy atom. The third-order valence-corrected chi connectivity index (χ3v) is 5.08. The monoisotopic (exact) mass is 320 g/mol. The summed E-state index contributed by atoms with van der Waals surface area (Å²) < 4.78 is 7.79. The van der Waals surface area contributed by atoms with Crippen LogP contribution in [0.15, 0.2) is 12.4 Å². The zero-order valence-electron chi connectivity index (χ0n) is 14.3. The standard InChI is InChI=1S/C17H28N4O2/c1-3-20-9-10-21(13-15(20)17-18-7-8-19(17)2)16(22)12-14-6-4-5-11-23-14/h7-8,14-15H,3-6,9-13H2,1-2H3/t14-,15+/m0/s1. The Morgan fingerprint density at radius 1 is 1.39 bits per heavy atom. The number of hydrogen-bond donors (Lipinski definition) is 0. The number of likely N-dealkylation sites (N-methyl/N-ethyl adjacent to an activating group) is 1. The number of rotatable bonds is 4. The highest BCUT2D eigenvalue weighted by atomic mass is 16.5. The lowest BCUT2D eigenvalue weighted by Gasteiger charge is -2.41. The fraction of sp³-hybridized carbons (Fsp3) is 0.765. The van der Waals surface area contributed by atoms with Crippen LogP contribution in [0.5, 0.6) is 0 Å². The smallest absolute Gasteiger partial charge is 0.225 e. The summed E-state index contributed by atoms with van der Waals surface area (Å²) in [5.41, 5.74) is 0. The van der Waals surface area contributed by atoms with E-state index in [9.17, 15) is 4.79 Å². The van der Waals surface area contributed by atoms with Crippen LogP contribution in [-0.4, -0.2) is 64.1 Å². The molecule has 1 aromatic rings. The summed E-state index contributed by atoms with van der Waals surface area (Å²) in [5, 5.41) is 0. The molecular weight excluding hydrogens is 292 g/mol. The Hall–Kier alpha value is -1.40. The number of amides is 1. The van der Waals surface area contributed by atoms with E-state index in [-0.39, 0.29) is 18.1 Å². The van der Waals surface area contributed by atoms with E-state index in [1.165, 1.54) is 6.42 Å². The molecule has 0 bridgehead atoms. The molecule has 3 rings (SSSR count). The van der Waals surface area contributed by atoms with Crippen molar-refractivity contribution < 1.29 is 9.53 Å². The normalized spacial score (nSPS) is 26.4. The number of carbonyl (C=O) groups excluding carboxylic acids is 1. The Labute approximate surface area is 138 Å². The van der Waals surface area contributed by atoms with Gasteiger partial charge in [0.1, 0.15) is 5.82 Å². The summed E-state index contributed by atoms with van der Waals surface area (Å²) >= 11 is 0. The summed E-state index contributed by atoms with van der Waals surface area (Å²) in [6.45, 7) is 6.39. The molecule has 1 aromatic heterocycles. The summed E-state index contributed by atoms with van der Waals surface area (Å²) in [4.78, 5) is 21.6. The number of aromatic nitrogens is 2. The Morgan fingerprint density at radius 3 is 2.91 bits per heavy atom. The largest absolute Gasteiger partial charge is 0.378 e. The van der Waals surface area contributed by atoms with Crippen LogP contribution in [-0.2, 0) is 16.6 Å². The molecule has 0 N–H and O–H groups in total. The quantitative estimate of drug-likeness (QED) is 0.845. The number of hydrogen-bond acceptors (Lipinski definition) is 4. The van der Waals surface area contributed by atoms with Gasteiger partial charge in [0.25, 0.3) is 0 Å². The number of ether oxygens (including phenoxy) is 1. The van der Waals surface area contributed by atoms with Crippen LogP contribution in [0.3, 0.4) is 0 Å². The second-order valence-corrected chi connectivity index (χ2v) is 6.57. The van der Waals surface area contributed by atoms with Gasteiger partial charge in [-0.3, -0.25) is 9.69 Å². The summed E-state index contributed by atoms with van der Waals surface area (Å²) in [6, 6.07) is 0.185. The van der Waals surface area contributed by atoms with Crippen molar-refractivity contribution in [1.82, 2.24) is 19.4 Å². The summed E-state index contributed by atoms with van der Waals surface area (Å²) in [5.74, 6) is 1.27. The molecule has 6 nitrogen and oxygen atoms in total. The van der Waals surface area contributed by atoms with Crippen molar-refractivity contribution in [2.45, 2.75) is 44.8 Å². The molecule has 2 aliphatic heterocycles. The fourth-order valence-electron chi connectivity index (χ4n) is 3.66. The van der Waals surface area contributed by atoms with Crippen LogP contribution >= 0.6 is 0 Å². The van der Waals surface area contributed by atoms with Gasteiger partial charge in [-0.15, -0.1) is 0 Å². The van der Waals surface area contributed by atoms with E-state index in [4.69, 9.17) is 4.74 Å². The molecular formula is C17H28N4O2. The first-order valence-electron chi connectivity index (χ1n) is 8.79. The van der Waals surface area contributed by atoms with Gasteiger partial charge in [0.15, 0.2) is 0 Å². The van der Waals surface area contributed by atoms with E-state index in [1.807, 2.05) is 24.3 Å². The zero-order valence-corrected chi connectivity index (χ0v) is 14.3. The second kappa shape index (κ2) is 7.45. The maximum atomic E-state index is 12.7. The first-order chi connectivity index (χ1) is 11.2. The molecule has 23 heavy (non-hydrogen) atoms. The molecule has 2 saturated heterocycles. The number of imidazole rings is 1. The van der Waals surface area contributed by atoms with Gasteiger partial charge < -0.3 is 14.2 Å². The van der Waals surface area contributed by atoms with Gasteiger partial charge in [-0.1, -0.05) is 6.92 Å². The lowest BCUT2D eigenvalue weighted by atomic mass is 10.0. The maximum absolute atomic E-state index is 12.7. The lowest BCUT2D eigenvalue weighted by Crippen LogP contribution is -2.51. The van der Waals surface area contributed by atoms with Crippen molar-refractivity contribution in [1.29, 1.82) is 0 Å². The average Bonchev–Trinajstić information content (AvgIpc) is 3.01. The molecule has 0 radical (unpaired) electrons. The SMILES string of the molecule is CCN1CCN(C(=O)C[C@@H]2CCCCO2)C[C@@H]1c1nccn1C. The molecule has 0 spiro atoms. The van der Waals surface area contributed by atoms with Gasteiger partial charge in [-0.25, -0.2) is 4.98 Å².